The number of halogens is 1. The van der Waals surface area contributed by atoms with Crippen LogP contribution in [0.2, 0.25) is 0 Å². The second kappa shape index (κ2) is 5.23. The summed E-state index contributed by atoms with van der Waals surface area (Å²) in [5.74, 6) is -0.449. The Hall–Kier alpha value is -1.49. The van der Waals surface area contributed by atoms with Gasteiger partial charge in [-0.15, -0.1) is 0 Å². The van der Waals surface area contributed by atoms with Crippen LogP contribution in [0.25, 0.3) is 0 Å². The number of carbonyl (C=O) groups is 1. The molecule has 17 heavy (non-hydrogen) atoms. The Morgan fingerprint density at radius 1 is 1.65 bits per heavy atom. The molecular formula is C12H16FN3O. The number of carbonyl (C=O) groups excluding carboxylic acids is 1. The first-order valence-electron chi connectivity index (χ1n) is 5.74. The van der Waals surface area contributed by atoms with Crippen LogP contribution in [0.15, 0.2) is 18.2 Å². The van der Waals surface area contributed by atoms with Crippen molar-refractivity contribution in [1.82, 2.24) is 15.2 Å². The molecule has 0 spiro atoms. The fourth-order valence-electron chi connectivity index (χ4n) is 2.06. The first kappa shape index (κ1) is 12.0. The van der Waals surface area contributed by atoms with E-state index in [1.165, 1.54) is 18.2 Å². The van der Waals surface area contributed by atoms with Crippen LogP contribution in [0, 0.1) is 11.9 Å². The predicted molar refractivity (Wildman–Crippen MR) is 62.1 cm³/mol. The lowest BCUT2D eigenvalue weighted by Gasteiger charge is -2.11. The van der Waals surface area contributed by atoms with Gasteiger partial charge in [-0.05, 0) is 38.1 Å². The lowest BCUT2D eigenvalue weighted by Crippen LogP contribution is -2.31. The number of nitrogens with zero attached hydrogens (tertiary/aromatic N) is 2. The fraction of sp³-hybridized carbons (Fsp3) is 0.500. The molecule has 1 fully saturated rings. The van der Waals surface area contributed by atoms with E-state index < -0.39 is 5.95 Å². The monoisotopic (exact) mass is 237 g/mol. The molecule has 1 N–H and O–H groups in total. The Kier molecular flexibility index (Phi) is 3.68. The Morgan fingerprint density at radius 3 is 3.12 bits per heavy atom. The minimum Gasteiger partial charge on any atom is -0.350 e. The normalized spacial score (nSPS) is 20.5. The average Bonchev–Trinajstić information content (AvgIpc) is 2.72. The molecule has 1 aromatic rings. The van der Waals surface area contributed by atoms with Gasteiger partial charge in [0.25, 0.3) is 5.91 Å². The zero-order valence-electron chi connectivity index (χ0n) is 9.82. The van der Waals surface area contributed by atoms with E-state index in [4.69, 9.17) is 0 Å². The third-order valence-electron chi connectivity index (χ3n) is 2.99. The quantitative estimate of drug-likeness (QED) is 0.794. The molecule has 2 rings (SSSR count). The van der Waals surface area contributed by atoms with Gasteiger partial charge in [-0.2, -0.15) is 4.39 Å². The molecule has 0 bridgehead atoms. The Morgan fingerprint density at radius 2 is 2.47 bits per heavy atom. The molecule has 1 aliphatic rings. The number of rotatable bonds is 3. The van der Waals surface area contributed by atoms with Gasteiger partial charge >= 0.3 is 0 Å². The van der Waals surface area contributed by atoms with E-state index in [9.17, 15) is 9.18 Å². The summed E-state index contributed by atoms with van der Waals surface area (Å²) in [6.45, 7) is 2.69. The van der Waals surface area contributed by atoms with E-state index >= 15 is 0 Å². The molecule has 2 heterocycles. The lowest BCUT2D eigenvalue weighted by molar-refractivity contribution is 0.0941. The molecule has 92 valence electrons. The summed E-state index contributed by atoms with van der Waals surface area (Å²) in [7, 11) is 2.07. The molecule has 1 aromatic heterocycles. The van der Waals surface area contributed by atoms with Crippen molar-refractivity contribution in [1.29, 1.82) is 0 Å². The highest BCUT2D eigenvalue weighted by Crippen LogP contribution is 2.12. The van der Waals surface area contributed by atoms with E-state index in [1.807, 2.05) is 0 Å². The van der Waals surface area contributed by atoms with Crippen molar-refractivity contribution in [3.63, 3.8) is 0 Å². The van der Waals surface area contributed by atoms with Crippen molar-refractivity contribution < 1.29 is 9.18 Å². The molecule has 1 aliphatic heterocycles. The van der Waals surface area contributed by atoms with Gasteiger partial charge in [-0.3, -0.25) is 4.79 Å². The number of hydrogen-bond donors (Lipinski definition) is 1. The van der Waals surface area contributed by atoms with E-state index in [0.29, 0.717) is 12.5 Å². The van der Waals surface area contributed by atoms with Crippen LogP contribution < -0.4 is 5.32 Å². The second-order valence-corrected chi connectivity index (χ2v) is 4.47. The number of hydrogen-bond acceptors (Lipinski definition) is 3. The standard InChI is InChI=1S/C12H16FN3O/c1-16-6-5-9(8-16)7-14-12(17)10-3-2-4-11(13)15-10/h2-4,9H,5-8H2,1H3,(H,14,17). The molecule has 0 aliphatic carbocycles. The minimum absolute atomic E-state index is 0.136. The molecule has 0 aromatic carbocycles. The Bertz CT molecular complexity index is 410. The van der Waals surface area contributed by atoms with Crippen LogP contribution in [0.5, 0.6) is 0 Å². The first-order chi connectivity index (χ1) is 8.15. The van der Waals surface area contributed by atoms with E-state index in [2.05, 4.69) is 22.2 Å². The van der Waals surface area contributed by atoms with Gasteiger partial charge in [0.15, 0.2) is 0 Å². The van der Waals surface area contributed by atoms with Crippen molar-refractivity contribution in [3.8, 4) is 0 Å². The smallest absolute Gasteiger partial charge is 0.270 e. The zero-order chi connectivity index (χ0) is 12.3. The maximum Gasteiger partial charge on any atom is 0.270 e. The van der Waals surface area contributed by atoms with Crippen molar-refractivity contribution >= 4 is 5.91 Å². The van der Waals surface area contributed by atoms with Crippen LogP contribution in [0.4, 0.5) is 4.39 Å². The summed E-state index contributed by atoms with van der Waals surface area (Å²) >= 11 is 0. The molecule has 1 saturated heterocycles. The summed E-state index contributed by atoms with van der Waals surface area (Å²) in [6, 6.07) is 4.22. The number of amides is 1. The molecule has 5 heteroatoms. The second-order valence-electron chi connectivity index (χ2n) is 4.47. The van der Waals surface area contributed by atoms with Gasteiger partial charge in [0.05, 0.1) is 0 Å². The molecule has 1 amide bonds. The van der Waals surface area contributed by atoms with Crippen LogP contribution in [-0.2, 0) is 0 Å². The van der Waals surface area contributed by atoms with E-state index in [1.54, 1.807) is 0 Å². The molecule has 0 saturated carbocycles. The topological polar surface area (TPSA) is 45.2 Å². The van der Waals surface area contributed by atoms with Crippen LogP contribution in [0.3, 0.4) is 0 Å². The zero-order valence-corrected chi connectivity index (χ0v) is 9.82. The van der Waals surface area contributed by atoms with Gasteiger partial charge in [0.2, 0.25) is 5.95 Å². The third kappa shape index (κ3) is 3.23. The summed E-state index contributed by atoms with van der Waals surface area (Å²) < 4.78 is 12.8. The Balaban J connectivity index is 1.85. The number of aromatic nitrogens is 1. The molecule has 0 radical (unpaired) electrons. The number of pyridine rings is 1. The lowest BCUT2D eigenvalue weighted by atomic mass is 10.1. The molecular weight excluding hydrogens is 221 g/mol. The highest BCUT2D eigenvalue weighted by Gasteiger charge is 2.20. The molecule has 1 unspecified atom stereocenters. The minimum atomic E-state index is -0.627. The Labute approximate surface area is 99.8 Å². The van der Waals surface area contributed by atoms with E-state index in [-0.39, 0.29) is 11.6 Å². The van der Waals surface area contributed by atoms with Crippen molar-refractivity contribution in [2.45, 2.75) is 6.42 Å². The van der Waals surface area contributed by atoms with Crippen LogP contribution in [0.1, 0.15) is 16.9 Å². The number of likely N-dealkylation sites (tertiary alicyclic amines) is 1. The maximum absolute atomic E-state index is 12.8. The van der Waals surface area contributed by atoms with Gasteiger partial charge < -0.3 is 10.2 Å². The van der Waals surface area contributed by atoms with Crippen LogP contribution >= 0.6 is 0 Å². The summed E-state index contributed by atoms with van der Waals surface area (Å²) in [5, 5.41) is 2.79. The maximum atomic E-state index is 12.8. The summed E-state index contributed by atoms with van der Waals surface area (Å²) in [6.07, 6.45) is 1.09. The van der Waals surface area contributed by atoms with Gasteiger partial charge in [0, 0.05) is 13.1 Å². The van der Waals surface area contributed by atoms with Gasteiger partial charge in [0.1, 0.15) is 5.69 Å². The summed E-state index contributed by atoms with van der Waals surface area (Å²) in [4.78, 5) is 17.5. The van der Waals surface area contributed by atoms with Crippen molar-refractivity contribution in [3.05, 3.63) is 29.8 Å². The fourth-order valence-corrected chi connectivity index (χ4v) is 2.06. The van der Waals surface area contributed by atoms with Crippen molar-refractivity contribution in [2.24, 2.45) is 5.92 Å². The third-order valence-corrected chi connectivity index (χ3v) is 2.99. The highest BCUT2D eigenvalue weighted by atomic mass is 19.1. The van der Waals surface area contributed by atoms with E-state index in [0.717, 1.165) is 19.5 Å². The van der Waals surface area contributed by atoms with Gasteiger partial charge in [-0.25, -0.2) is 4.98 Å². The van der Waals surface area contributed by atoms with Crippen molar-refractivity contribution in [2.75, 3.05) is 26.7 Å². The SMILES string of the molecule is CN1CCC(CNC(=O)c2cccc(F)n2)C1. The molecule has 4 nitrogen and oxygen atoms in total. The first-order valence-corrected chi connectivity index (χ1v) is 5.74. The predicted octanol–water partition coefficient (Wildman–Crippen LogP) is 0.902. The summed E-state index contributed by atoms with van der Waals surface area (Å²) in [5.41, 5.74) is 0.136. The molecule has 1 atom stereocenters. The highest BCUT2D eigenvalue weighted by molar-refractivity contribution is 5.92. The number of nitrogens with one attached hydrogen (secondary N) is 1. The van der Waals surface area contributed by atoms with Crippen LogP contribution in [-0.4, -0.2) is 42.5 Å². The largest absolute Gasteiger partial charge is 0.350 e. The van der Waals surface area contributed by atoms with Gasteiger partial charge in [-0.1, -0.05) is 6.07 Å². The average molecular weight is 237 g/mol.